The molecular weight excluding hydrogens is 330 g/mol. The molecule has 1 aliphatic rings. The van der Waals surface area contributed by atoms with E-state index >= 15 is 0 Å². The molecule has 0 spiro atoms. The van der Waals surface area contributed by atoms with Crippen LogP contribution in [0.1, 0.15) is 27.3 Å². The van der Waals surface area contributed by atoms with Crippen molar-refractivity contribution in [3.8, 4) is 5.75 Å². The van der Waals surface area contributed by atoms with Gasteiger partial charge < -0.3 is 19.9 Å². The van der Waals surface area contributed by atoms with Crippen LogP contribution in [0.4, 0.5) is 5.69 Å². The summed E-state index contributed by atoms with van der Waals surface area (Å²) in [6.07, 6.45) is 0.861. The van der Waals surface area contributed by atoms with Gasteiger partial charge in [-0.1, -0.05) is 18.2 Å². The fourth-order valence-electron chi connectivity index (χ4n) is 3.30. The van der Waals surface area contributed by atoms with Gasteiger partial charge >= 0.3 is 0 Å². The molecular formula is C20H19N3O3. The Bertz CT molecular complexity index is 1010. The molecule has 6 heteroatoms. The van der Waals surface area contributed by atoms with Crippen LogP contribution in [0.2, 0.25) is 0 Å². The molecule has 2 N–H and O–H groups in total. The number of ether oxygens (including phenoxy) is 1. The van der Waals surface area contributed by atoms with Crippen LogP contribution in [0.3, 0.4) is 0 Å². The molecule has 1 aliphatic heterocycles. The Hall–Kier alpha value is -3.28. The minimum Gasteiger partial charge on any atom is -0.495 e. The second-order valence-electron chi connectivity index (χ2n) is 6.22. The number of aromatic nitrogens is 1. The predicted octanol–water partition coefficient (Wildman–Crippen LogP) is 3.04. The Morgan fingerprint density at radius 1 is 1.19 bits per heavy atom. The third-order valence-electron chi connectivity index (χ3n) is 4.60. The summed E-state index contributed by atoms with van der Waals surface area (Å²) >= 11 is 0. The number of fused-ring (bicyclic) bond motifs is 3. The van der Waals surface area contributed by atoms with Crippen molar-refractivity contribution in [1.29, 1.82) is 0 Å². The van der Waals surface area contributed by atoms with E-state index in [1.165, 1.54) is 0 Å². The summed E-state index contributed by atoms with van der Waals surface area (Å²) in [7, 11) is 1.57. The molecule has 2 amide bonds. The maximum absolute atomic E-state index is 12.7. The van der Waals surface area contributed by atoms with Crippen molar-refractivity contribution in [2.24, 2.45) is 0 Å². The van der Waals surface area contributed by atoms with Crippen LogP contribution in [0, 0.1) is 0 Å². The van der Waals surface area contributed by atoms with Gasteiger partial charge in [-0.3, -0.25) is 9.59 Å². The number of carbonyl (C=O) groups is 2. The number of hydrogen-bond donors (Lipinski definition) is 2. The summed E-state index contributed by atoms with van der Waals surface area (Å²) in [5, 5.41) is 6.72. The van der Waals surface area contributed by atoms with Gasteiger partial charge in [-0.2, -0.15) is 0 Å². The van der Waals surface area contributed by atoms with Crippen molar-refractivity contribution in [1.82, 2.24) is 9.88 Å². The molecule has 4 rings (SSSR count). The molecule has 0 saturated heterocycles. The molecule has 1 aromatic heterocycles. The Balaban J connectivity index is 1.70. The molecule has 0 bridgehead atoms. The van der Waals surface area contributed by atoms with Gasteiger partial charge in [0.1, 0.15) is 11.4 Å². The first-order valence-corrected chi connectivity index (χ1v) is 8.53. The number of amides is 2. The molecule has 3 aromatic rings. The topological polar surface area (TPSA) is 72.4 Å². The van der Waals surface area contributed by atoms with Crippen molar-refractivity contribution in [3.05, 3.63) is 59.8 Å². The van der Waals surface area contributed by atoms with Gasteiger partial charge in [0, 0.05) is 29.6 Å². The Labute approximate surface area is 150 Å². The van der Waals surface area contributed by atoms with Crippen LogP contribution in [-0.4, -0.2) is 30.0 Å². The summed E-state index contributed by atoms with van der Waals surface area (Å²) in [5.74, 6) is 0.318. The second-order valence-corrected chi connectivity index (χ2v) is 6.22. The number of aryl methyl sites for hydroxylation is 1. The van der Waals surface area contributed by atoms with Gasteiger partial charge in [-0.05, 0) is 36.8 Å². The lowest BCUT2D eigenvalue weighted by Gasteiger charge is -2.10. The predicted molar refractivity (Wildman–Crippen MR) is 99.8 cm³/mol. The first-order valence-electron chi connectivity index (χ1n) is 8.53. The summed E-state index contributed by atoms with van der Waals surface area (Å²) in [6.45, 7) is 1.41. The fourth-order valence-corrected chi connectivity index (χ4v) is 3.30. The monoisotopic (exact) mass is 349 g/mol. The van der Waals surface area contributed by atoms with E-state index < -0.39 is 0 Å². The SMILES string of the molecule is COc1ccccc1NC(=O)c1ccc2cc3n(c2c1)CCCNC3=O. The number of nitrogens with zero attached hydrogens (tertiary/aromatic N) is 1. The summed E-state index contributed by atoms with van der Waals surface area (Å²) < 4.78 is 7.26. The molecule has 0 radical (unpaired) electrons. The second kappa shape index (κ2) is 6.55. The van der Waals surface area contributed by atoms with E-state index in [0.717, 1.165) is 23.9 Å². The van der Waals surface area contributed by atoms with Gasteiger partial charge in [0.05, 0.1) is 12.8 Å². The summed E-state index contributed by atoms with van der Waals surface area (Å²) in [5.41, 5.74) is 2.69. The zero-order chi connectivity index (χ0) is 18.1. The third-order valence-corrected chi connectivity index (χ3v) is 4.60. The zero-order valence-corrected chi connectivity index (χ0v) is 14.4. The lowest BCUT2D eigenvalue weighted by Crippen LogP contribution is -2.22. The van der Waals surface area contributed by atoms with E-state index in [1.807, 2.05) is 34.9 Å². The summed E-state index contributed by atoms with van der Waals surface area (Å²) in [4.78, 5) is 24.9. The van der Waals surface area contributed by atoms with E-state index in [2.05, 4.69) is 10.6 Å². The van der Waals surface area contributed by atoms with Crippen molar-refractivity contribution in [2.45, 2.75) is 13.0 Å². The maximum atomic E-state index is 12.7. The molecule has 0 fully saturated rings. The van der Waals surface area contributed by atoms with Crippen molar-refractivity contribution in [2.75, 3.05) is 19.0 Å². The highest BCUT2D eigenvalue weighted by Crippen LogP contribution is 2.26. The number of para-hydroxylation sites is 2. The number of hydrogen-bond acceptors (Lipinski definition) is 3. The minimum absolute atomic E-state index is 0.0706. The highest BCUT2D eigenvalue weighted by atomic mass is 16.5. The lowest BCUT2D eigenvalue weighted by atomic mass is 10.1. The Morgan fingerprint density at radius 2 is 2.04 bits per heavy atom. The first-order chi connectivity index (χ1) is 12.7. The van der Waals surface area contributed by atoms with Crippen LogP contribution in [0.25, 0.3) is 10.9 Å². The van der Waals surface area contributed by atoms with E-state index in [9.17, 15) is 9.59 Å². The van der Waals surface area contributed by atoms with E-state index in [-0.39, 0.29) is 11.8 Å². The van der Waals surface area contributed by atoms with Crippen molar-refractivity contribution < 1.29 is 14.3 Å². The van der Waals surface area contributed by atoms with E-state index in [0.29, 0.717) is 29.2 Å². The number of nitrogens with one attached hydrogen (secondary N) is 2. The molecule has 2 aromatic carbocycles. The number of anilines is 1. The Morgan fingerprint density at radius 3 is 2.88 bits per heavy atom. The van der Waals surface area contributed by atoms with Crippen LogP contribution >= 0.6 is 0 Å². The molecule has 0 unspecified atom stereocenters. The van der Waals surface area contributed by atoms with E-state index in [1.54, 1.807) is 25.3 Å². The third kappa shape index (κ3) is 2.79. The lowest BCUT2D eigenvalue weighted by molar-refractivity contribution is 0.0950. The highest BCUT2D eigenvalue weighted by Gasteiger charge is 2.19. The fraction of sp³-hybridized carbons (Fsp3) is 0.200. The van der Waals surface area contributed by atoms with Crippen LogP contribution in [-0.2, 0) is 6.54 Å². The maximum Gasteiger partial charge on any atom is 0.267 e. The number of benzene rings is 2. The number of rotatable bonds is 3. The molecule has 26 heavy (non-hydrogen) atoms. The smallest absolute Gasteiger partial charge is 0.267 e. The molecule has 132 valence electrons. The molecule has 2 heterocycles. The van der Waals surface area contributed by atoms with Gasteiger partial charge in [-0.25, -0.2) is 0 Å². The van der Waals surface area contributed by atoms with E-state index in [4.69, 9.17) is 4.74 Å². The average molecular weight is 349 g/mol. The van der Waals surface area contributed by atoms with Crippen molar-refractivity contribution >= 4 is 28.4 Å². The largest absolute Gasteiger partial charge is 0.495 e. The van der Waals surface area contributed by atoms with Crippen LogP contribution in [0.5, 0.6) is 5.75 Å². The van der Waals surface area contributed by atoms with Gasteiger partial charge in [-0.15, -0.1) is 0 Å². The average Bonchev–Trinajstić information content (AvgIpc) is 2.93. The summed E-state index contributed by atoms with van der Waals surface area (Å²) in [6, 6.07) is 14.6. The molecule has 0 atom stereocenters. The molecule has 0 aliphatic carbocycles. The number of methoxy groups -OCH3 is 1. The van der Waals surface area contributed by atoms with Crippen LogP contribution in [0.15, 0.2) is 48.5 Å². The van der Waals surface area contributed by atoms with Crippen molar-refractivity contribution in [3.63, 3.8) is 0 Å². The Kier molecular flexibility index (Phi) is 4.08. The standard InChI is InChI=1S/C20H19N3O3/c1-26-18-6-3-2-5-15(18)22-19(24)14-8-7-13-11-17-20(25)21-9-4-10-23(17)16(13)12-14/h2-3,5-8,11-12H,4,9-10H2,1H3,(H,21,25)(H,22,24). The highest BCUT2D eigenvalue weighted by molar-refractivity contribution is 6.07. The van der Waals surface area contributed by atoms with Gasteiger partial charge in [0.25, 0.3) is 11.8 Å². The minimum atomic E-state index is -0.218. The number of carbonyl (C=O) groups excluding carboxylic acids is 2. The van der Waals surface area contributed by atoms with Crippen LogP contribution < -0.4 is 15.4 Å². The zero-order valence-electron chi connectivity index (χ0n) is 14.4. The van der Waals surface area contributed by atoms with Gasteiger partial charge in [0.15, 0.2) is 0 Å². The molecule has 6 nitrogen and oxygen atoms in total. The first kappa shape index (κ1) is 16.2. The quantitative estimate of drug-likeness (QED) is 0.763. The van der Waals surface area contributed by atoms with Gasteiger partial charge in [0.2, 0.25) is 0 Å². The normalized spacial score (nSPS) is 13.7. The molecule has 0 saturated carbocycles.